The Balaban J connectivity index is 2.31. The number of amides is 2. The molecule has 0 aromatic heterocycles. The Hall–Kier alpha value is -1.55. The lowest BCUT2D eigenvalue weighted by molar-refractivity contribution is -0.155. The minimum Gasteiger partial charge on any atom is -0.340 e. The van der Waals surface area contributed by atoms with Crippen LogP contribution in [0.5, 0.6) is 0 Å². The molecule has 1 aliphatic rings. The van der Waals surface area contributed by atoms with E-state index in [9.17, 15) is 9.59 Å². The molecule has 1 aromatic rings. The number of benzene rings is 1. The molecule has 2 rings (SSSR count). The van der Waals surface area contributed by atoms with Crippen molar-refractivity contribution in [3.63, 3.8) is 0 Å². The van der Waals surface area contributed by atoms with Crippen molar-refractivity contribution in [3.05, 3.63) is 34.9 Å². The predicted octanol–water partition coefficient (Wildman–Crippen LogP) is 2.75. The van der Waals surface area contributed by atoms with Gasteiger partial charge in [-0.15, -0.1) is 0 Å². The van der Waals surface area contributed by atoms with E-state index in [1.165, 1.54) is 0 Å². The summed E-state index contributed by atoms with van der Waals surface area (Å²) in [5.41, 5.74) is 0.154. The van der Waals surface area contributed by atoms with E-state index >= 15 is 0 Å². The fourth-order valence-corrected chi connectivity index (χ4v) is 2.97. The molecular weight excluding hydrogens is 288 g/mol. The van der Waals surface area contributed by atoms with E-state index in [0.717, 1.165) is 5.56 Å². The molecule has 5 heteroatoms. The summed E-state index contributed by atoms with van der Waals surface area (Å²) >= 11 is 5.99. The van der Waals surface area contributed by atoms with E-state index in [4.69, 9.17) is 11.6 Å². The third-order valence-corrected chi connectivity index (χ3v) is 4.56. The zero-order valence-electron chi connectivity index (χ0n) is 12.6. The molecule has 1 saturated heterocycles. The topological polar surface area (TPSA) is 49.4 Å². The highest BCUT2D eigenvalue weighted by Crippen LogP contribution is 2.26. The largest absolute Gasteiger partial charge is 0.340 e. The first-order chi connectivity index (χ1) is 9.93. The third-order valence-electron chi connectivity index (χ3n) is 4.33. The average molecular weight is 309 g/mol. The molecule has 1 unspecified atom stereocenters. The van der Waals surface area contributed by atoms with E-state index in [2.05, 4.69) is 5.32 Å². The fraction of sp³-hybridized carbons (Fsp3) is 0.500. The van der Waals surface area contributed by atoms with Gasteiger partial charge in [-0.2, -0.15) is 0 Å². The van der Waals surface area contributed by atoms with Gasteiger partial charge in [-0.1, -0.05) is 37.6 Å². The lowest BCUT2D eigenvalue weighted by Gasteiger charge is -2.44. The van der Waals surface area contributed by atoms with Crippen LogP contribution in [0.3, 0.4) is 0 Å². The van der Waals surface area contributed by atoms with Crippen molar-refractivity contribution in [2.24, 2.45) is 0 Å². The van der Waals surface area contributed by atoms with Gasteiger partial charge in [-0.05, 0) is 37.5 Å². The van der Waals surface area contributed by atoms with Crippen LogP contribution in [0.4, 0.5) is 0 Å². The number of nitrogens with one attached hydrogen (secondary N) is 1. The fourth-order valence-electron chi connectivity index (χ4n) is 2.76. The third kappa shape index (κ3) is 2.91. The molecule has 0 spiro atoms. The highest BCUT2D eigenvalue weighted by atomic mass is 35.5. The first kappa shape index (κ1) is 15.8. The molecule has 21 heavy (non-hydrogen) atoms. The van der Waals surface area contributed by atoms with E-state index < -0.39 is 11.6 Å². The number of carbonyl (C=O) groups is 2. The van der Waals surface area contributed by atoms with Gasteiger partial charge in [0.2, 0.25) is 11.8 Å². The molecule has 0 radical (unpaired) electrons. The summed E-state index contributed by atoms with van der Waals surface area (Å²) in [5, 5.41) is 3.53. The number of rotatable bonds is 4. The first-order valence-electron chi connectivity index (χ1n) is 7.31. The molecule has 1 heterocycles. The smallest absolute Gasteiger partial charge is 0.249 e. The van der Waals surface area contributed by atoms with Crippen molar-refractivity contribution in [2.45, 2.75) is 51.7 Å². The van der Waals surface area contributed by atoms with Crippen LogP contribution in [0, 0.1) is 0 Å². The minimum absolute atomic E-state index is 0.0143. The van der Waals surface area contributed by atoms with Crippen LogP contribution in [0.25, 0.3) is 0 Å². The molecule has 1 aliphatic heterocycles. The zero-order chi connectivity index (χ0) is 15.6. The number of piperazine rings is 1. The van der Waals surface area contributed by atoms with E-state index in [1.807, 2.05) is 32.0 Å². The molecule has 4 nitrogen and oxygen atoms in total. The zero-order valence-corrected chi connectivity index (χ0v) is 13.4. The Morgan fingerprint density at radius 2 is 1.95 bits per heavy atom. The average Bonchev–Trinajstić information content (AvgIpc) is 2.48. The molecule has 1 N–H and O–H groups in total. The van der Waals surface area contributed by atoms with Gasteiger partial charge in [-0.25, -0.2) is 0 Å². The summed E-state index contributed by atoms with van der Waals surface area (Å²) < 4.78 is 0. The van der Waals surface area contributed by atoms with Crippen LogP contribution < -0.4 is 5.32 Å². The van der Waals surface area contributed by atoms with Gasteiger partial charge in [0.05, 0.1) is 0 Å². The normalized spacial score (nSPS) is 21.3. The standard InChI is InChI=1S/C16H21ClN2O2/c1-4-16(5-2)15(21)19(11(3)14(20)18-16)10-12-7-6-8-13(17)9-12/h6-9,11H,4-5,10H2,1-3H3,(H,18,20). The summed E-state index contributed by atoms with van der Waals surface area (Å²) in [6.45, 7) is 6.01. The van der Waals surface area contributed by atoms with Crippen molar-refractivity contribution >= 4 is 23.4 Å². The van der Waals surface area contributed by atoms with Gasteiger partial charge in [0.25, 0.3) is 0 Å². The molecule has 1 aromatic carbocycles. The Kier molecular flexibility index (Phi) is 4.57. The number of hydrogen-bond acceptors (Lipinski definition) is 2. The summed E-state index contributed by atoms with van der Waals surface area (Å²) in [6, 6.07) is 6.92. The van der Waals surface area contributed by atoms with Gasteiger partial charge in [0, 0.05) is 11.6 Å². The minimum atomic E-state index is -0.776. The second-order valence-electron chi connectivity index (χ2n) is 5.52. The number of hydrogen-bond donors (Lipinski definition) is 1. The number of carbonyl (C=O) groups excluding carboxylic acids is 2. The van der Waals surface area contributed by atoms with Crippen LogP contribution in [0.15, 0.2) is 24.3 Å². The van der Waals surface area contributed by atoms with E-state index in [0.29, 0.717) is 24.4 Å². The van der Waals surface area contributed by atoms with Gasteiger partial charge >= 0.3 is 0 Å². The molecular formula is C16H21ClN2O2. The van der Waals surface area contributed by atoms with Crippen LogP contribution >= 0.6 is 11.6 Å². The number of nitrogens with zero attached hydrogens (tertiary/aromatic N) is 1. The summed E-state index contributed by atoms with van der Waals surface area (Å²) in [4.78, 5) is 26.7. The maximum absolute atomic E-state index is 12.8. The van der Waals surface area contributed by atoms with Crippen molar-refractivity contribution in [3.8, 4) is 0 Å². The second kappa shape index (κ2) is 6.06. The second-order valence-corrected chi connectivity index (χ2v) is 5.95. The summed E-state index contributed by atoms with van der Waals surface area (Å²) in [6.07, 6.45) is 1.18. The molecule has 114 valence electrons. The van der Waals surface area contributed by atoms with Crippen molar-refractivity contribution in [2.75, 3.05) is 0 Å². The van der Waals surface area contributed by atoms with Crippen molar-refractivity contribution < 1.29 is 9.59 Å². The number of halogens is 1. The highest BCUT2D eigenvalue weighted by Gasteiger charge is 2.47. The van der Waals surface area contributed by atoms with Crippen LogP contribution in [0.1, 0.15) is 39.2 Å². The monoisotopic (exact) mass is 308 g/mol. The molecule has 0 saturated carbocycles. The van der Waals surface area contributed by atoms with Gasteiger partial charge < -0.3 is 10.2 Å². The maximum Gasteiger partial charge on any atom is 0.249 e. The van der Waals surface area contributed by atoms with Crippen LogP contribution in [-0.2, 0) is 16.1 Å². The molecule has 2 amide bonds. The highest BCUT2D eigenvalue weighted by molar-refractivity contribution is 6.30. The quantitative estimate of drug-likeness (QED) is 0.930. The van der Waals surface area contributed by atoms with Gasteiger partial charge in [0.1, 0.15) is 11.6 Å². The van der Waals surface area contributed by atoms with E-state index in [1.54, 1.807) is 17.9 Å². The Bertz CT molecular complexity index is 555. The van der Waals surface area contributed by atoms with Crippen LogP contribution in [-0.4, -0.2) is 28.3 Å². The Morgan fingerprint density at radius 3 is 2.52 bits per heavy atom. The summed E-state index contributed by atoms with van der Waals surface area (Å²) in [5.74, 6) is -0.111. The molecule has 1 fully saturated rings. The lowest BCUT2D eigenvalue weighted by atomic mass is 9.87. The summed E-state index contributed by atoms with van der Waals surface area (Å²) in [7, 11) is 0. The molecule has 0 aliphatic carbocycles. The Labute approximate surface area is 130 Å². The van der Waals surface area contributed by atoms with Crippen molar-refractivity contribution in [1.82, 2.24) is 10.2 Å². The van der Waals surface area contributed by atoms with E-state index in [-0.39, 0.29) is 11.8 Å². The van der Waals surface area contributed by atoms with Gasteiger partial charge in [-0.3, -0.25) is 9.59 Å². The lowest BCUT2D eigenvalue weighted by Crippen LogP contribution is -2.69. The SMILES string of the molecule is CCC1(CC)NC(=O)C(C)N(Cc2cccc(Cl)c2)C1=O. The first-order valence-corrected chi connectivity index (χ1v) is 7.69. The molecule has 0 bridgehead atoms. The maximum atomic E-state index is 12.8. The van der Waals surface area contributed by atoms with Crippen LogP contribution in [0.2, 0.25) is 5.02 Å². The van der Waals surface area contributed by atoms with Crippen molar-refractivity contribution in [1.29, 1.82) is 0 Å². The predicted molar refractivity (Wildman–Crippen MR) is 82.9 cm³/mol. The van der Waals surface area contributed by atoms with Gasteiger partial charge in [0.15, 0.2) is 0 Å². The Morgan fingerprint density at radius 1 is 1.29 bits per heavy atom. The molecule has 1 atom stereocenters.